The molecule has 3 heterocycles. The number of halogens is 1. The number of rotatable bonds is 5. The number of methoxy groups -OCH3 is 2. The lowest BCUT2D eigenvalue weighted by Gasteiger charge is -2.49. The van der Waals surface area contributed by atoms with Gasteiger partial charge in [-0.1, -0.05) is 18.2 Å². The van der Waals surface area contributed by atoms with E-state index in [-0.39, 0.29) is 18.8 Å². The number of imide groups is 2. The molecular weight excluding hydrogens is 441 g/mol. The van der Waals surface area contributed by atoms with Gasteiger partial charge in [0.05, 0.1) is 25.9 Å². The minimum absolute atomic E-state index is 0.0616. The van der Waals surface area contributed by atoms with Crippen LogP contribution in [0.15, 0.2) is 36.4 Å². The van der Waals surface area contributed by atoms with Crippen molar-refractivity contribution in [2.24, 2.45) is 5.41 Å². The van der Waals surface area contributed by atoms with E-state index >= 15 is 0 Å². The molecule has 178 valence electrons. The van der Waals surface area contributed by atoms with Crippen molar-refractivity contribution in [3.05, 3.63) is 53.3 Å². The van der Waals surface area contributed by atoms with Crippen molar-refractivity contribution in [2.45, 2.75) is 31.7 Å². The van der Waals surface area contributed by atoms with E-state index in [1.807, 2.05) is 11.0 Å². The van der Waals surface area contributed by atoms with E-state index < -0.39 is 29.3 Å². The van der Waals surface area contributed by atoms with Gasteiger partial charge in [-0.3, -0.25) is 19.8 Å². The number of fused-ring (bicyclic) bond motifs is 4. The second-order valence-electron chi connectivity index (χ2n) is 8.90. The number of urea groups is 1. The summed E-state index contributed by atoms with van der Waals surface area (Å²) in [7, 11) is 3.08. The average molecular weight is 467 g/mol. The molecule has 8 nitrogen and oxygen atoms in total. The Morgan fingerprint density at radius 1 is 1.12 bits per heavy atom. The summed E-state index contributed by atoms with van der Waals surface area (Å²) in [6.45, 7) is 0.651. The third-order valence-corrected chi connectivity index (χ3v) is 7.22. The largest absolute Gasteiger partial charge is 0.493 e. The normalized spacial score (nSPS) is 23.6. The van der Waals surface area contributed by atoms with Gasteiger partial charge in [0, 0.05) is 13.1 Å². The van der Waals surface area contributed by atoms with Crippen molar-refractivity contribution in [3.8, 4) is 11.5 Å². The molecule has 0 aromatic heterocycles. The van der Waals surface area contributed by atoms with E-state index in [1.165, 1.54) is 13.2 Å². The Balaban J connectivity index is 1.46. The molecule has 34 heavy (non-hydrogen) atoms. The third kappa shape index (κ3) is 3.21. The van der Waals surface area contributed by atoms with Crippen LogP contribution in [0.25, 0.3) is 0 Å². The molecule has 2 fully saturated rings. The van der Waals surface area contributed by atoms with Gasteiger partial charge >= 0.3 is 6.03 Å². The summed E-state index contributed by atoms with van der Waals surface area (Å²) in [4.78, 5) is 42.9. The van der Waals surface area contributed by atoms with Gasteiger partial charge < -0.3 is 14.4 Å². The minimum atomic E-state index is -1.47. The van der Waals surface area contributed by atoms with Crippen LogP contribution in [0.2, 0.25) is 0 Å². The molecule has 3 aliphatic rings. The van der Waals surface area contributed by atoms with Crippen LogP contribution >= 0.6 is 0 Å². The monoisotopic (exact) mass is 467 g/mol. The van der Waals surface area contributed by atoms with Gasteiger partial charge in [0.15, 0.2) is 16.9 Å². The zero-order valence-electron chi connectivity index (χ0n) is 19.1. The molecule has 4 amide bonds. The number of amides is 4. The van der Waals surface area contributed by atoms with Crippen molar-refractivity contribution in [3.63, 3.8) is 0 Å². The molecule has 2 atom stereocenters. The van der Waals surface area contributed by atoms with Gasteiger partial charge in [-0.25, -0.2) is 9.18 Å². The van der Waals surface area contributed by atoms with Gasteiger partial charge in [-0.2, -0.15) is 0 Å². The smallest absolute Gasteiger partial charge is 0.330 e. The summed E-state index contributed by atoms with van der Waals surface area (Å²) >= 11 is 0. The molecule has 0 bridgehead atoms. The van der Waals surface area contributed by atoms with E-state index in [9.17, 15) is 18.8 Å². The van der Waals surface area contributed by atoms with Gasteiger partial charge in [0.1, 0.15) is 5.82 Å². The third-order valence-electron chi connectivity index (χ3n) is 7.22. The highest BCUT2D eigenvalue weighted by molar-refractivity contribution is 6.20. The highest BCUT2D eigenvalue weighted by atomic mass is 19.1. The van der Waals surface area contributed by atoms with Crippen molar-refractivity contribution < 1.29 is 28.2 Å². The first-order valence-electron chi connectivity index (χ1n) is 11.3. The predicted molar refractivity (Wildman–Crippen MR) is 121 cm³/mol. The number of barbiturate groups is 1. The maximum Gasteiger partial charge on any atom is 0.330 e. The Kier molecular flexibility index (Phi) is 5.42. The fourth-order valence-corrected chi connectivity index (χ4v) is 5.63. The number of nitrogens with zero attached hydrogens (tertiary/aromatic N) is 2. The van der Waals surface area contributed by atoms with Crippen LogP contribution < -0.4 is 19.7 Å². The molecule has 0 saturated carbocycles. The summed E-state index contributed by atoms with van der Waals surface area (Å²) in [5, 5.41) is 2.42. The number of hydrogen-bond acceptors (Lipinski definition) is 6. The Hall–Kier alpha value is -3.62. The summed E-state index contributed by atoms with van der Waals surface area (Å²) in [6.07, 6.45) is 1.75. The first-order valence-corrected chi connectivity index (χ1v) is 11.3. The molecule has 2 saturated heterocycles. The van der Waals surface area contributed by atoms with Crippen LogP contribution in [0.4, 0.5) is 14.9 Å². The molecule has 2 aromatic rings. The Bertz CT molecular complexity index is 1190. The summed E-state index contributed by atoms with van der Waals surface area (Å²) in [6, 6.07) is 8.91. The van der Waals surface area contributed by atoms with Crippen molar-refractivity contribution in [1.82, 2.24) is 10.2 Å². The van der Waals surface area contributed by atoms with Crippen LogP contribution in [-0.4, -0.2) is 56.1 Å². The lowest BCUT2D eigenvalue weighted by molar-refractivity contribution is -0.153. The molecule has 1 spiro atoms. The first kappa shape index (κ1) is 22.2. The number of para-hydroxylation sites is 1. The number of anilines is 1. The zero-order valence-corrected chi connectivity index (χ0v) is 19.1. The molecular formula is C25H26FN3O5. The molecule has 3 aliphatic heterocycles. The van der Waals surface area contributed by atoms with E-state index in [2.05, 4.69) is 5.32 Å². The summed E-state index contributed by atoms with van der Waals surface area (Å²) in [5.41, 5.74) is 0.451. The quantitative estimate of drug-likeness (QED) is 0.681. The standard InChI is InChI=1S/C25H26FN3O5/c1-33-18-9-8-15(13-19(18)34-2)10-12-29-23(31)25(22(30)27-24(29)32)14-16-5-3-6-17(26)21(16)28-11-4-7-20(25)28/h3,5-6,8-9,13,20H,4,7,10-12,14H2,1-2H3,(H,27,30,32)/t20-,25+/m1/s1. The molecule has 0 unspecified atom stereocenters. The van der Waals surface area contributed by atoms with Gasteiger partial charge in [0.2, 0.25) is 11.8 Å². The number of ether oxygens (including phenoxy) is 2. The van der Waals surface area contributed by atoms with Gasteiger partial charge in [0.25, 0.3) is 0 Å². The van der Waals surface area contributed by atoms with Crippen molar-refractivity contribution in [2.75, 3.05) is 32.2 Å². The Labute approximate surface area is 196 Å². The second-order valence-corrected chi connectivity index (χ2v) is 8.90. The van der Waals surface area contributed by atoms with Crippen LogP contribution in [-0.2, 0) is 22.4 Å². The van der Waals surface area contributed by atoms with Crippen LogP contribution in [0.3, 0.4) is 0 Å². The number of carbonyl (C=O) groups is 3. The van der Waals surface area contributed by atoms with Crippen LogP contribution in [0, 0.1) is 11.2 Å². The Morgan fingerprint density at radius 2 is 1.91 bits per heavy atom. The summed E-state index contributed by atoms with van der Waals surface area (Å²) < 4.78 is 25.3. The second kappa shape index (κ2) is 8.30. The molecule has 0 radical (unpaired) electrons. The minimum Gasteiger partial charge on any atom is -0.493 e. The molecule has 9 heteroatoms. The molecule has 2 aromatic carbocycles. The molecule has 5 rings (SSSR count). The Morgan fingerprint density at radius 3 is 2.68 bits per heavy atom. The summed E-state index contributed by atoms with van der Waals surface area (Å²) in [5.74, 6) is -0.347. The lowest BCUT2D eigenvalue weighted by Crippen LogP contribution is -2.71. The topological polar surface area (TPSA) is 88.2 Å². The number of hydrogen-bond donors (Lipinski definition) is 1. The lowest BCUT2D eigenvalue weighted by atomic mass is 9.68. The maximum absolute atomic E-state index is 14.7. The van der Waals surface area contributed by atoms with Crippen molar-refractivity contribution >= 4 is 23.5 Å². The van der Waals surface area contributed by atoms with E-state index in [4.69, 9.17) is 9.47 Å². The molecule has 0 aliphatic carbocycles. The predicted octanol–water partition coefficient (Wildman–Crippen LogP) is 2.68. The maximum atomic E-state index is 14.7. The van der Waals surface area contributed by atoms with Gasteiger partial charge in [-0.05, 0) is 55.0 Å². The number of nitrogens with one attached hydrogen (secondary N) is 1. The average Bonchev–Trinajstić information content (AvgIpc) is 3.32. The van der Waals surface area contributed by atoms with E-state index in [0.717, 1.165) is 16.9 Å². The van der Waals surface area contributed by atoms with Crippen molar-refractivity contribution in [1.29, 1.82) is 0 Å². The van der Waals surface area contributed by atoms with Crippen LogP contribution in [0.1, 0.15) is 24.0 Å². The van der Waals surface area contributed by atoms with E-state index in [0.29, 0.717) is 42.1 Å². The fourth-order valence-electron chi connectivity index (χ4n) is 5.63. The zero-order chi connectivity index (χ0) is 24.0. The number of benzene rings is 2. The highest BCUT2D eigenvalue weighted by Gasteiger charge is 2.62. The first-order chi connectivity index (χ1) is 16.4. The van der Waals surface area contributed by atoms with Gasteiger partial charge in [-0.15, -0.1) is 0 Å². The van der Waals surface area contributed by atoms with E-state index in [1.54, 1.807) is 31.4 Å². The SMILES string of the molecule is COc1ccc(CCN2C(=O)NC(=O)[C@@]3(Cc4cccc(F)c4N4CCC[C@@H]43)C2=O)cc1OC. The number of carbonyl (C=O) groups excluding carboxylic acids is 3. The molecule has 1 N–H and O–H groups in total. The highest BCUT2D eigenvalue weighted by Crippen LogP contribution is 2.49. The van der Waals surface area contributed by atoms with Crippen LogP contribution in [0.5, 0.6) is 11.5 Å². The fraction of sp³-hybridized carbons (Fsp3) is 0.400.